The van der Waals surface area contributed by atoms with Crippen molar-refractivity contribution in [2.24, 2.45) is 0 Å². The van der Waals surface area contributed by atoms with Gasteiger partial charge in [-0.3, -0.25) is 9.59 Å². The summed E-state index contributed by atoms with van der Waals surface area (Å²) >= 11 is 0. The van der Waals surface area contributed by atoms with Crippen molar-refractivity contribution >= 4 is 11.8 Å². The van der Waals surface area contributed by atoms with Crippen LogP contribution in [-0.2, 0) is 14.3 Å². The number of carbonyl (C=O) groups excluding carboxylic acids is 2. The largest absolute Gasteiger partial charge is 0.373 e. The first-order valence-corrected chi connectivity index (χ1v) is 6.63. The molecule has 2 aliphatic rings. The number of nitrogens with zero attached hydrogens (tertiary/aromatic N) is 1. The minimum absolute atomic E-state index is 0.00123. The lowest BCUT2D eigenvalue weighted by atomic mass is 9.92. The normalized spacial score (nSPS) is 36.9. The minimum atomic E-state index is -0.760. The summed E-state index contributed by atoms with van der Waals surface area (Å²) in [6.45, 7) is 7.12. The van der Waals surface area contributed by atoms with Gasteiger partial charge in [-0.15, -0.1) is 0 Å². The molecule has 0 aromatic heterocycles. The molecule has 18 heavy (non-hydrogen) atoms. The van der Waals surface area contributed by atoms with Crippen LogP contribution in [0.25, 0.3) is 0 Å². The molecule has 0 aliphatic carbocycles. The maximum atomic E-state index is 12.4. The summed E-state index contributed by atoms with van der Waals surface area (Å²) in [5.74, 6) is -0.0816. The van der Waals surface area contributed by atoms with E-state index in [1.54, 1.807) is 11.8 Å². The fraction of sp³-hybridized carbons (Fsp3) is 0.846. The molecule has 0 aromatic carbocycles. The van der Waals surface area contributed by atoms with Gasteiger partial charge in [0.15, 0.2) is 0 Å². The summed E-state index contributed by atoms with van der Waals surface area (Å²) in [7, 11) is 0. The first-order chi connectivity index (χ1) is 8.38. The zero-order valence-corrected chi connectivity index (χ0v) is 11.4. The van der Waals surface area contributed by atoms with Crippen molar-refractivity contribution in [3.05, 3.63) is 0 Å². The average molecular weight is 254 g/mol. The molecule has 2 aliphatic heterocycles. The summed E-state index contributed by atoms with van der Waals surface area (Å²) in [5.41, 5.74) is -1.05. The summed E-state index contributed by atoms with van der Waals surface area (Å²) in [4.78, 5) is 25.8. The second kappa shape index (κ2) is 4.53. The van der Waals surface area contributed by atoms with Gasteiger partial charge in [0.2, 0.25) is 11.8 Å². The molecule has 5 nitrogen and oxygen atoms in total. The number of carbonyl (C=O) groups is 2. The van der Waals surface area contributed by atoms with Crippen LogP contribution in [0.1, 0.15) is 40.0 Å². The zero-order chi connectivity index (χ0) is 13.4. The van der Waals surface area contributed by atoms with Crippen molar-refractivity contribution in [3.63, 3.8) is 0 Å². The van der Waals surface area contributed by atoms with Gasteiger partial charge >= 0.3 is 0 Å². The lowest BCUT2D eigenvalue weighted by Crippen LogP contribution is -2.66. The fourth-order valence-corrected chi connectivity index (χ4v) is 2.73. The molecule has 0 radical (unpaired) electrons. The van der Waals surface area contributed by atoms with E-state index < -0.39 is 5.54 Å². The Morgan fingerprint density at radius 3 is 2.67 bits per heavy atom. The number of hydrogen-bond acceptors (Lipinski definition) is 3. The zero-order valence-electron chi connectivity index (χ0n) is 11.4. The van der Waals surface area contributed by atoms with Gasteiger partial charge in [0.25, 0.3) is 0 Å². The van der Waals surface area contributed by atoms with Gasteiger partial charge in [0, 0.05) is 6.61 Å². The third kappa shape index (κ3) is 2.36. The predicted octanol–water partition coefficient (Wildman–Crippen LogP) is 0.683. The van der Waals surface area contributed by atoms with Gasteiger partial charge in [-0.1, -0.05) is 6.92 Å². The third-order valence-corrected chi connectivity index (χ3v) is 4.04. The van der Waals surface area contributed by atoms with Crippen LogP contribution in [0, 0.1) is 0 Å². The first kappa shape index (κ1) is 13.3. The molecule has 5 heteroatoms. The molecule has 0 saturated carbocycles. The molecular weight excluding hydrogens is 232 g/mol. The number of nitrogens with one attached hydrogen (secondary N) is 1. The van der Waals surface area contributed by atoms with Crippen molar-refractivity contribution in [2.75, 3.05) is 19.7 Å². The molecule has 2 atom stereocenters. The van der Waals surface area contributed by atoms with Crippen LogP contribution in [0.15, 0.2) is 0 Å². The van der Waals surface area contributed by atoms with Gasteiger partial charge in [-0.2, -0.15) is 0 Å². The SMILES string of the molecule is CCC1(C)NC(=O)CN(CC2(C)CCCO2)C1=O. The standard InChI is InChI=1S/C13H22N2O3/c1-4-13(3)11(17)15(8-10(16)14-13)9-12(2)6-5-7-18-12/h4-9H2,1-3H3,(H,14,16). The number of hydrogen-bond donors (Lipinski definition) is 1. The highest BCUT2D eigenvalue weighted by Crippen LogP contribution is 2.28. The average Bonchev–Trinajstić information content (AvgIpc) is 2.72. The molecule has 2 amide bonds. The van der Waals surface area contributed by atoms with Crippen LogP contribution in [0.2, 0.25) is 0 Å². The maximum Gasteiger partial charge on any atom is 0.248 e. The van der Waals surface area contributed by atoms with Gasteiger partial charge in [0.05, 0.1) is 18.7 Å². The van der Waals surface area contributed by atoms with Crippen LogP contribution in [0.5, 0.6) is 0 Å². The molecular formula is C13H22N2O3. The Kier molecular flexibility index (Phi) is 3.36. The van der Waals surface area contributed by atoms with Gasteiger partial charge < -0.3 is 15.0 Å². The number of piperazine rings is 1. The second-order valence-electron chi connectivity index (χ2n) is 5.80. The molecule has 2 saturated heterocycles. The lowest BCUT2D eigenvalue weighted by molar-refractivity contribution is -0.152. The van der Waals surface area contributed by atoms with Crippen LogP contribution >= 0.6 is 0 Å². The number of rotatable bonds is 3. The summed E-state index contributed by atoms with van der Waals surface area (Å²) in [6, 6.07) is 0. The molecule has 0 aromatic rings. The van der Waals surface area contributed by atoms with Crippen LogP contribution < -0.4 is 5.32 Å². The molecule has 2 rings (SSSR count). The summed E-state index contributed by atoms with van der Waals surface area (Å²) in [6.07, 6.45) is 2.57. The van der Waals surface area contributed by atoms with E-state index in [4.69, 9.17) is 4.74 Å². The first-order valence-electron chi connectivity index (χ1n) is 6.63. The summed E-state index contributed by atoms with van der Waals surface area (Å²) in [5, 5.41) is 2.79. The Bertz CT molecular complexity index is 363. The maximum absolute atomic E-state index is 12.4. The predicted molar refractivity (Wildman–Crippen MR) is 67.0 cm³/mol. The molecule has 2 heterocycles. The molecule has 0 bridgehead atoms. The quantitative estimate of drug-likeness (QED) is 0.806. The molecule has 2 unspecified atom stereocenters. The lowest BCUT2D eigenvalue weighted by Gasteiger charge is -2.42. The van der Waals surface area contributed by atoms with Crippen LogP contribution in [0.3, 0.4) is 0 Å². The summed E-state index contributed by atoms with van der Waals surface area (Å²) < 4.78 is 5.70. The topological polar surface area (TPSA) is 58.6 Å². The van der Waals surface area contributed by atoms with Crippen molar-refractivity contribution in [3.8, 4) is 0 Å². The Morgan fingerprint density at radius 2 is 2.11 bits per heavy atom. The van der Waals surface area contributed by atoms with Crippen LogP contribution in [-0.4, -0.2) is 47.6 Å². The van der Waals surface area contributed by atoms with E-state index in [2.05, 4.69) is 5.32 Å². The van der Waals surface area contributed by atoms with E-state index in [1.807, 2.05) is 13.8 Å². The highest BCUT2D eigenvalue weighted by molar-refractivity contribution is 5.97. The Hall–Kier alpha value is -1.10. The van der Waals surface area contributed by atoms with Gasteiger partial charge in [-0.25, -0.2) is 0 Å². The molecule has 1 N–H and O–H groups in total. The second-order valence-corrected chi connectivity index (χ2v) is 5.80. The monoisotopic (exact) mass is 254 g/mol. The van der Waals surface area contributed by atoms with Crippen molar-refractivity contribution in [1.29, 1.82) is 0 Å². The van der Waals surface area contributed by atoms with E-state index in [1.165, 1.54) is 0 Å². The number of amides is 2. The Balaban J connectivity index is 2.12. The number of ether oxygens (including phenoxy) is 1. The Morgan fingerprint density at radius 1 is 1.39 bits per heavy atom. The van der Waals surface area contributed by atoms with Crippen molar-refractivity contribution in [1.82, 2.24) is 10.2 Å². The third-order valence-electron chi connectivity index (χ3n) is 4.04. The fourth-order valence-electron chi connectivity index (χ4n) is 2.73. The van der Waals surface area contributed by atoms with E-state index in [-0.39, 0.29) is 24.0 Å². The van der Waals surface area contributed by atoms with E-state index >= 15 is 0 Å². The Labute approximate surface area is 108 Å². The van der Waals surface area contributed by atoms with Gasteiger partial charge in [-0.05, 0) is 33.1 Å². The van der Waals surface area contributed by atoms with Crippen molar-refractivity contribution < 1.29 is 14.3 Å². The van der Waals surface area contributed by atoms with Crippen molar-refractivity contribution in [2.45, 2.75) is 51.2 Å². The van der Waals surface area contributed by atoms with E-state index in [9.17, 15) is 9.59 Å². The highest BCUT2D eigenvalue weighted by atomic mass is 16.5. The molecule has 0 spiro atoms. The minimum Gasteiger partial charge on any atom is -0.373 e. The van der Waals surface area contributed by atoms with E-state index in [0.29, 0.717) is 13.0 Å². The molecule has 2 fully saturated rings. The van der Waals surface area contributed by atoms with Gasteiger partial charge in [0.1, 0.15) is 5.54 Å². The molecule has 102 valence electrons. The van der Waals surface area contributed by atoms with Crippen LogP contribution in [0.4, 0.5) is 0 Å². The smallest absolute Gasteiger partial charge is 0.248 e. The van der Waals surface area contributed by atoms with E-state index in [0.717, 1.165) is 19.4 Å². The highest BCUT2D eigenvalue weighted by Gasteiger charge is 2.44.